The lowest BCUT2D eigenvalue weighted by molar-refractivity contribution is -0.134. The summed E-state index contributed by atoms with van der Waals surface area (Å²) in [7, 11) is 1.36. The summed E-state index contributed by atoms with van der Waals surface area (Å²) in [6.07, 6.45) is 5.82. The molecule has 0 atom stereocenters. The Morgan fingerprint density at radius 1 is 1.71 bits per heavy atom. The summed E-state index contributed by atoms with van der Waals surface area (Å²) in [5.41, 5.74) is 0.914. The molecule has 1 aromatic rings. The SMILES string of the molecule is CCCn1nccc1/C=C/C(=O)OC. The van der Waals surface area contributed by atoms with Crippen LogP contribution in [0.5, 0.6) is 0 Å². The molecule has 4 heteroatoms. The number of carbonyl (C=O) groups excluding carboxylic acids is 1. The smallest absolute Gasteiger partial charge is 0.330 e. The summed E-state index contributed by atoms with van der Waals surface area (Å²) in [5, 5.41) is 4.12. The summed E-state index contributed by atoms with van der Waals surface area (Å²) in [4.78, 5) is 10.8. The highest BCUT2D eigenvalue weighted by molar-refractivity contribution is 5.86. The van der Waals surface area contributed by atoms with E-state index in [1.54, 1.807) is 12.3 Å². The van der Waals surface area contributed by atoms with Gasteiger partial charge in [-0.25, -0.2) is 4.79 Å². The fraction of sp³-hybridized carbons (Fsp3) is 0.400. The van der Waals surface area contributed by atoms with E-state index in [0.717, 1.165) is 18.7 Å². The third-order valence-corrected chi connectivity index (χ3v) is 1.78. The summed E-state index contributed by atoms with van der Waals surface area (Å²) < 4.78 is 6.34. The fourth-order valence-corrected chi connectivity index (χ4v) is 1.10. The van der Waals surface area contributed by atoms with Crippen LogP contribution in [0.3, 0.4) is 0 Å². The van der Waals surface area contributed by atoms with Gasteiger partial charge in [0.25, 0.3) is 0 Å². The molecular formula is C10H14N2O2. The highest BCUT2D eigenvalue weighted by Gasteiger charge is 1.98. The van der Waals surface area contributed by atoms with E-state index in [2.05, 4.69) is 16.8 Å². The maximum absolute atomic E-state index is 10.8. The van der Waals surface area contributed by atoms with E-state index in [-0.39, 0.29) is 5.97 Å². The lowest BCUT2D eigenvalue weighted by atomic mass is 10.3. The van der Waals surface area contributed by atoms with Gasteiger partial charge >= 0.3 is 5.97 Å². The number of esters is 1. The van der Waals surface area contributed by atoms with Crippen molar-refractivity contribution in [1.29, 1.82) is 0 Å². The Balaban J connectivity index is 2.70. The number of hydrogen-bond donors (Lipinski definition) is 0. The average Bonchev–Trinajstić information content (AvgIpc) is 2.62. The van der Waals surface area contributed by atoms with E-state index in [9.17, 15) is 4.79 Å². The molecule has 0 aliphatic heterocycles. The molecule has 0 saturated heterocycles. The molecule has 1 aromatic heterocycles. The number of rotatable bonds is 4. The van der Waals surface area contributed by atoms with E-state index in [1.807, 2.05) is 10.7 Å². The van der Waals surface area contributed by atoms with Gasteiger partial charge in [0.2, 0.25) is 0 Å². The van der Waals surface area contributed by atoms with Gasteiger partial charge in [-0.05, 0) is 18.6 Å². The molecule has 0 aliphatic carbocycles. The van der Waals surface area contributed by atoms with Gasteiger partial charge < -0.3 is 4.74 Å². The van der Waals surface area contributed by atoms with E-state index in [0.29, 0.717) is 0 Å². The van der Waals surface area contributed by atoms with Crippen LogP contribution in [0.25, 0.3) is 6.08 Å². The van der Waals surface area contributed by atoms with Gasteiger partial charge in [-0.2, -0.15) is 5.10 Å². The standard InChI is InChI=1S/C10H14N2O2/c1-3-8-12-9(6-7-11-12)4-5-10(13)14-2/h4-7H,3,8H2,1-2H3/b5-4+. The molecule has 0 N–H and O–H groups in total. The summed E-state index contributed by atoms with van der Waals surface area (Å²) >= 11 is 0. The van der Waals surface area contributed by atoms with Crippen LogP contribution in [-0.4, -0.2) is 22.9 Å². The minimum atomic E-state index is -0.353. The molecule has 0 aromatic carbocycles. The molecule has 4 nitrogen and oxygen atoms in total. The van der Waals surface area contributed by atoms with E-state index in [4.69, 9.17) is 0 Å². The van der Waals surface area contributed by atoms with Gasteiger partial charge in [-0.1, -0.05) is 6.92 Å². The first-order valence-corrected chi connectivity index (χ1v) is 4.55. The first-order chi connectivity index (χ1) is 6.77. The summed E-state index contributed by atoms with van der Waals surface area (Å²) in [6, 6.07) is 1.86. The Kier molecular flexibility index (Phi) is 3.91. The molecule has 1 heterocycles. The number of ether oxygens (including phenoxy) is 1. The normalized spacial score (nSPS) is 10.7. The van der Waals surface area contributed by atoms with E-state index in [1.165, 1.54) is 13.2 Å². The maximum atomic E-state index is 10.8. The van der Waals surface area contributed by atoms with Crippen molar-refractivity contribution in [3.8, 4) is 0 Å². The second-order valence-electron chi connectivity index (χ2n) is 2.84. The van der Waals surface area contributed by atoms with Gasteiger partial charge in [-0.15, -0.1) is 0 Å². The minimum absolute atomic E-state index is 0.353. The average molecular weight is 194 g/mol. The van der Waals surface area contributed by atoms with Crippen molar-refractivity contribution in [2.24, 2.45) is 0 Å². The number of aryl methyl sites for hydroxylation is 1. The van der Waals surface area contributed by atoms with Crippen molar-refractivity contribution >= 4 is 12.0 Å². The van der Waals surface area contributed by atoms with Crippen LogP contribution in [0.4, 0.5) is 0 Å². The van der Waals surface area contributed by atoms with Crippen LogP contribution in [-0.2, 0) is 16.1 Å². The number of carbonyl (C=O) groups is 1. The molecule has 0 unspecified atom stereocenters. The van der Waals surface area contributed by atoms with Crippen molar-refractivity contribution in [3.63, 3.8) is 0 Å². The second-order valence-corrected chi connectivity index (χ2v) is 2.84. The third-order valence-electron chi connectivity index (χ3n) is 1.78. The molecule has 76 valence electrons. The monoisotopic (exact) mass is 194 g/mol. The number of nitrogens with zero attached hydrogens (tertiary/aromatic N) is 2. The number of methoxy groups -OCH3 is 1. The van der Waals surface area contributed by atoms with Gasteiger partial charge in [0.15, 0.2) is 0 Å². The number of hydrogen-bond acceptors (Lipinski definition) is 3. The van der Waals surface area contributed by atoms with Gasteiger partial charge in [0, 0.05) is 18.8 Å². The van der Waals surface area contributed by atoms with Crippen LogP contribution in [0.1, 0.15) is 19.0 Å². The summed E-state index contributed by atoms with van der Waals surface area (Å²) in [6.45, 7) is 2.93. The topological polar surface area (TPSA) is 44.1 Å². The molecule has 0 radical (unpaired) electrons. The largest absolute Gasteiger partial charge is 0.466 e. The van der Waals surface area contributed by atoms with Gasteiger partial charge in [0.1, 0.15) is 0 Å². The van der Waals surface area contributed by atoms with E-state index >= 15 is 0 Å². The van der Waals surface area contributed by atoms with Crippen LogP contribution >= 0.6 is 0 Å². The van der Waals surface area contributed by atoms with Crippen molar-refractivity contribution in [3.05, 3.63) is 24.0 Å². The molecule has 14 heavy (non-hydrogen) atoms. The second kappa shape index (κ2) is 5.21. The van der Waals surface area contributed by atoms with Crippen molar-refractivity contribution in [2.45, 2.75) is 19.9 Å². The lowest BCUT2D eigenvalue weighted by Crippen LogP contribution is -2.01. The quantitative estimate of drug-likeness (QED) is 0.538. The van der Waals surface area contributed by atoms with Gasteiger partial charge in [-0.3, -0.25) is 4.68 Å². The molecule has 0 aliphatic rings. The predicted molar refractivity (Wildman–Crippen MR) is 53.6 cm³/mol. The molecular weight excluding hydrogens is 180 g/mol. The zero-order valence-corrected chi connectivity index (χ0v) is 8.43. The first kappa shape index (κ1) is 10.5. The molecule has 0 fully saturated rings. The Morgan fingerprint density at radius 2 is 2.50 bits per heavy atom. The molecule has 0 spiro atoms. The highest BCUT2D eigenvalue weighted by Crippen LogP contribution is 2.02. The minimum Gasteiger partial charge on any atom is -0.466 e. The van der Waals surface area contributed by atoms with Crippen molar-refractivity contribution in [1.82, 2.24) is 9.78 Å². The Labute approximate surface area is 83.2 Å². The van der Waals surface area contributed by atoms with Crippen LogP contribution < -0.4 is 0 Å². The summed E-state index contributed by atoms with van der Waals surface area (Å²) in [5.74, 6) is -0.353. The van der Waals surface area contributed by atoms with Crippen molar-refractivity contribution in [2.75, 3.05) is 7.11 Å². The molecule has 0 saturated carbocycles. The van der Waals surface area contributed by atoms with Gasteiger partial charge in [0.05, 0.1) is 12.8 Å². The Bertz CT molecular complexity index is 329. The molecule has 0 amide bonds. The number of aromatic nitrogens is 2. The van der Waals surface area contributed by atoms with Crippen LogP contribution in [0.2, 0.25) is 0 Å². The highest BCUT2D eigenvalue weighted by atomic mass is 16.5. The van der Waals surface area contributed by atoms with Crippen LogP contribution in [0, 0.1) is 0 Å². The first-order valence-electron chi connectivity index (χ1n) is 4.55. The maximum Gasteiger partial charge on any atom is 0.330 e. The third kappa shape index (κ3) is 2.73. The Morgan fingerprint density at radius 3 is 3.14 bits per heavy atom. The zero-order chi connectivity index (χ0) is 10.4. The predicted octanol–water partition coefficient (Wildman–Crippen LogP) is 1.48. The molecule has 0 bridgehead atoms. The molecule has 1 rings (SSSR count). The van der Waals surface area contributed by atoms with E-state index < -0.39 is 0 Å². The lowest BCUT2D eigenvalue weighted by Gasteiger charge is -2.00. The van der Waals surface area contributed by atoms with Crippen LogP contribution in [0.15, 0.2) is 18.3 Å². The van der Waals surface area contributed by atoms with Crippen molar-refractivity contribution < 1.29 is 9.53 Å². The fourth-order valence-electron chi connectivity index (χ4n) is 1.10. The Hall–Kier alpha value is -1.58. The zero-order valence-electron chi connectivity index (χ0n) is 8.43.